The molecule has 1 saturated heterocycles. The monoisotopic (exact) mass is 316 g/mol. The number of piperazine rings is 1. The van der Waals surface area contributed by atoms with E-state index >= 15 is 0 Å². The zero-order chi connectivity index (χ0) is 16.2. The molecule has 0 spiro atoms. The predicted octanol–water partition coefficient (Wildman–Crippen LogP) is 1.43. The average molecular weight is 316 g/mol. The van der Waals surface area contributed by atoms with Crippen molar-refractivity contribution in [2.45, 2.75) is 19.6 Å². The number of benzene rings is 1. The number of ether oxygens (including phenoxy) is 1. The number of ketones is 1. The summed E-state index contributed by atoms with van der Waals surface area (Å²) in [5, 5.41) is 7.37. The zero-order valence-corrected chi connectivity index (χ0v) is 13.3. The maximum atomic E-state index is 11.4. The molecule has 1 aliphatic rings. The van der Waals surface area contributed by atoms with Crippen LogP contribution in [0.25, 0.3) is 0 Å². The molecule has 1 aliphatic heterocycles. The van der Waals surface area contributed by atoms with Crippen molar-refractivity contribution < 1.29 is 14.1 Å². The van der Waals surface area contributed by atoms with Crippen molar-refractivity contribution in [3.05, 3.63) is 41.5 Å². The Kier molecular flexibility index (Phi) is 4.68. The smallest absolute Gasteiger partial charge is 0.264 e. The van der Waals surface area contributed by atoms with Gasteiger partial charge in [0.15, 0.2) is 18.2 Å². The van der Waals surface area contributed by atoms with Gasteiger partial charge in [-0.25, -0.2) is 0 Å². The molecule has 2 aromatic rings. The quantitative estimate of drug-likeness (QED) is 0.836. The second-order valence-electron chi connectivity index (χ2n) is 5.62. The first-order valence-electron chi connectivity index (χ1n) is 7.61. The molecule has 0 amide bonds. The van der Waals surface area contributed by atoms with Crippen LogP contribution in [0.1, 0.15) is 35.0 Å². The summed E-state index contributed by atoms with van der Waals surface area (Å²) in [6.07, 6.45) is 0. The highest BCUT2D eigenvalue weighted by Crippen LogP contribution is 2.19. The third-order valence-electron chi connectivity index (χ3n) is 3.90. The molecule has 3 rings (SSSR count). The van der Waals surface area contributed by atoms with Crippen LogP contribution in [0.15, 0.2) is 28.8 Å². The van der Waals surface area contributed by atoms with Crippen molar-refractivity contribution in [2.24, 2.45) is 0 Å². The number of aromatic nitrogens is 2. The van der Waals surface area contributed by atoms with Gasteiger partial charge in [0.2, 0.25) is 0 Å². The Balaban J connectivity index is 1.63. The van der Waals surface area contributed by atoms with Crippen LogP contribution in [-0.4, -0.2) is 47.5 Å². The van der Waals surface area contributed by atoms with Crippen molar-refractivity contribution in [3.8, 4) is 5.75 Å². The van der Waals surface area contributed by atoms with Gasteiger partial charge in [0.1, 0.15) is 5.75 Å². The minimum Gasteiger partial charge on any atom is -0.484 e. The van der Waals surface area contributed by atoms with Crippen molar-refractivity contribution in [1.29, 1.82) is 0 Å². The molecule has 0 saturated carbocycles. The van der Waals surface area contributed by atoms with Crippen molar-refractivity contribution in [3.63, 3.8) is 0 Å². The van der Waals surface area contributed by atoms with Crippen LogP contribution in [-0.2, 0) is 6.61 Å². The number of nitrogens with one attached hydrogen (secondary N) is 1. The summed E-state index contributed by atoms with van der Waals surface area (Å²) in [7, 11) is 2.05. The molecule has 1 aromatic heterocycles. The lowest BCUT2D eigenvalue weighted by Gasteiger charge is -2.30. The van der Waals surface area contributed by atoms with Gasteiger partial charge < -0.3 is 14.6 Å². The maximum Gasteiger partial charge on any atom is 0.264 e. The van der Waals surface area contributed by atoms with Gasteiger partial charge in [-0.05, 0) is 26.1 Å². The van der Waals surface area contributed by atoms with Crippen LogP contribution >= 0.6 is 0 Å². The van der Waals surface area contributed by atoms with Crippen LogP contribution in [0.3, 0.4) is 0 Å². The lowest BCUT2D eigenvalue weighted by atomic mass is 10.1. The minimum atomic E-state index is 0.00311. The predicted molar refractivity (Wildman–Crippen MR) is 83.3 cm³/mol. The number of carbonyl (C=O) groups excluding carboxylic acids is 1. The highest BCUT2D eigenvalue weighted by molar-refractivity contribution is 5.94. The molecule has 1 aromatic carbocycles. The highest BCUT2D eigenvalue weighted by Gasteiger charge is 2.25. The van der Waals surface area contributed by atoms with E-state index in [9.17, 15) is 4.79 Å². The topological polar surface area (TPSA) is 80.5 Å². The molecule has 1 atom stereocenters. The van der Waals surface area contributed by atoms with Crippen LogP contribution in [0, 0.1) is 0 Å². The number of rotatable bonds is 5. The minimum absolute atomic E-state index is 0.00311. The fourth-order valence-electron chi connectivity index (χ4n) is 2.51. The first kappa shape index (κ1) is 15.6. The SMILES string of the molecule is CC(=O)c1cccc(OCc2nc(C3CNCCN3C)no2)c1. The normalized spacial score (nSPS) is 18.8. The van der Waals surface area contributed by atoms with Gasteiger partial charge in [-0.2, -0.15) is 4.98 Å². The second kappa shape index (κ2) is 6.89. The summed E-state index contributed by atoms with van der Waals surface area (Å²) in [5.74, 6) is 1.69. The fraction of sp³-hybridized carbons (Fsp3) is 0.438. The molecule has 1 fully saturated rings. The molecule has 0 bridgehead atoms. The van der Waals surface area contributed by atoms with E-state index < -0.39 is 0 Å². The number of nitrogens with zero attached hydrogens (tertiary/aromatic N) is 3. The van der Waals surface area contributed by atoms with Gasteiger partial charge in [0, 0.05) is 25.2 Å². The number of carbonyl (C=O) groups is 1. The highest BCUT2D eigenvalue weighted by atomic mass is 16.5. The Morgan fingerprint density at radius 1 is 1.52 bits per heavy atom. The Morgan fingerprint density at radius 3 is 3.17 bits per heavy atom. The van der Waals surface area contributed by atoms with Gasteiger partial charge in [0.25, 0.3) is 5.89 Å². The fourth-order valence-corrected chi connectivity index (χ4v) is 2.51. The third-order valence-corrected chi connectivity index (χ3v) is 3.90. The van der Waals surface area contributed by atoms with E-state index in [2.05, 4.69) is 20.4 Å². The van der Waals surface area contributed by atoms with Crippen molar-refractivity contribution >= 4 is 5.78 Å². The molecule has 7 nitrogen and oxygen atoms in total. The lowest BCUT2D eigenvalue weighted by Crippen LogP contribution is -2.44. The van der Waals surface area contributed by atoms with Gasteiger partial charge >= 0.3 is 0 Å². The Hall–Kier alpha value is -2.25. The molecule has 0 aliphatic carbocycles. The maximum absolute atomic E-state index is 11.4. The third kappa shape index (κ3) is 3.75. The molecule has 122 valence electrons. The van der Waals surface area contributed by atoms with Crippen LogP contribution in [0.5, 0.6) is 5.75 Å². The Morgan fingerprint density at radius 2 is 2.39 bits per heavy atom. The number of hydrogen-bond acceptors (Lipinski definition) is 7. The van der Waals surface area contributed by atoms with Gasteiger partial charge in [-0.1, -0.05) is 17.3 Å². The van der Waals surface area contributed by atoms with E-state index in [-0.39, 0.29) is 18.4 Å². The number of Topliss-reactive ketones (excluding diaryl/α,β-unsaturated/α-hetero) is 1. The van der Waals surface area contributed by atoms with E-state index in [0.29, 0.717) is 23.0 Å². The summed E-state index contributed by atoms with van der Waals surface area (Å²) in [5.41, 5.74) is 0.614. The van der Waals surface area contributed by atoms with Gasteiger partial charge in [-0.3, -0.25) is 9.69 Å². The molecule has 1 unspecified atom stereocenters. The van der Waals surface area contributed by atoms with Crippen molar-refractivity contribution in [1.82, 2.24) is 20.4 Å². The average Bonchev–Trinajstić information content (AvgIpc) is 3.02. The first-order valence-corrected chi connectivity index (χ1v) is 7.61. The molecule has 2 heterocycles. The zero-order valence-electron chi connectivity index (χ0n) is 13.3. The summed E-state index contributed by atoms with van der Waals surface area (Å²) >= 11 is 0. The summed E-state index contributed by atoms with van der Waals surface area (Å²) in [6.45, 7) is 4.42. The number of hydrogen-bond donors (Lipinski definition) is 1. The second-order valence-corrected chi connectivity index (χ2v) is 5.62. The van der Waals surface area contributed by atoms with Gasteiger partial charge in [-0.15, -0.1) is 0 Å². The number of likely N-dealkylation sites (N-methyl/N-ethyl adjacent to an activating group) is 1. The van der Waals surface area contributed by atoms with Crippen molar-refractivity contribution in [2.75, 3.05) is 26.7 Å². The largest absolute Gasteiger partial charge is 0.484 e. The van der Waals surface area contributed by atoms with Gasteiger partial charge in [0.05, 0.1) is 6.04 Å². The van der Waals surface area contributed by atoms with Crippen LogP contribution < -0.4 is 10.1 Å². The lowest BCUT2D eigenvalue weighted by molar-refractivity contribution is 0.101. The molecule has 0 radical (unpaired) electrons. The molecule has 1 N–H and O–H groups in total. The van der Waals surface area contributed by atoms with Crippen LogP contribution in [0.2, 0.25) is 0 Å². The summed E-state index contributed by atoms with van der Waals surface area (Å²) < 4.78 is 10.9. The molecule has 7 heteroatoms. The Bertz CT molecular complexity index is 685. The van der Waals surface area contributed by atoms with E-state index in [1.54, 1.807) is 24.3 Å². The molecular formula is C16H20N4O3. The summed E-state index contributed by atoms with van der Waals surface area (Å²) in [6, 6.07) is 7.16. The molecule has 23 heavy (non-hydrogen) atoms. The molecular weight excluding hydrogens is 296 g/mol. The van der Waals surface area contributed by atoms with E-state index in [1.165, 1.54) is 6.92 Å². The van der Waals surface area contributed by atoms with E-state index in [4.69, 9.17) is 9.26 Å². The Labute approximate surface area is 134 Å². The summed E-state index contributed by atoms with van der Waals surface area (Å²) in [4.78, 5) is 18.0. The van der Waals surface area contributed by atoms with E-state index in [1.807, 2.05) is 7.05 Å². The first-order chi connectivity index (χ1) is 11.1. The van der Waals surface area contributed by atoms with E-state index in [0.717, 1.165) is 19.6 Å². The standard InChI is InChI=1S/C16H20N4O3/c1-11(21)12-4-3-5-13(8-12)22-10-15-18-16(19-23-15)14-9-17-6-7-20(14)2/h3-5,8,14,17H,6-7,9-10H2,1-2H3. The van der Waals surface area contributed by atoms with Crippen LogP contribution in [0.4, 0.5) is 0 Å².